The van der Waals surface area contributed by atoms with E-state index in [1.807, 2.05) is 19.1 Å². The zero-order chi connectivity index (χ0) is 17.2. The van der Waals surface area contributed by atoms with Gasteiger partial charge in [0.15, 0.2) is 0 Å². The molecule has 0 radical (unpaired) electrons. The molecular formula is C19H30N2O2. The molecule has 0 aliphatic rings. The van der Waals surface area contributed by atoms with Crippen molar-refractivity contribution in [1.29, 1.82) is 0 Å². The first-order valence-electron chi connectivity index (χ1n) is 8.61. The zero-order valence-electron chi connectivity index (χ0n) is 14.8. The number of carbonyl (C=O) groups is 2. The van der Waals surface area contributed by atoms with Crippen molar-refractivity contribution in [2.24, 2.45) is 5.92 Å². The summed E-state index contributed by atoms with van der Waals surface area (Å²) in [6.07, 6.45) is 4.44. The molecule has 1 aromatic carbocycles. The van der Waals surface area contributed by atoms with E-state index in [0.29, 0.717) is 12.3 Å². The quantitative estimate of drug-likeness (QED) is 0.567. The van der Waals surface area contributed by atoms with Crippen molar-refractivity contribution in [3.05, 3.63) is 35.4 Å². The van der Waals surface area contributed by atoms with Crippen molar-refractivity contribution in [3.63, 3.8) is 0 Å². The van der Waals surface area contributed by atoms with Crippen molar-refractivity contribution >= 4 is 11.8 Å². The van der Waals surface area contributed by atoms with Gasteiger partial charge in [0.1, 0.15) is 0 Å². The number of hydrazine groups is 1. The van der Waals surface area contributed by atoms with Crippen LogP contribution in [0.15, 0.2) is 24.3 Å². The summed E-state index contributed by atoms with van der Waals surface area (Å²) < 4.78 is 0. The predicted molar refractivity (Wildman–Crippen MR) is 93.8 cm³/mol. The molecule has 1 rings (SSSR count). The van der Waals surface area contributed by atoms with Gasteiger partial charge in [-0.3, -0.25) is 20.4 Å². The van der Waals surface area contributed by atoms with Gasteiger partial charge in [-0.1, -0.05) is 57.9 Å². The van der Waals surface area contributed by atoms with E-state index in [4.69, 9.17) is 0 Å². The van der Waals surface area contributed by atoms with E-state index in [-0.39, 0.29) is 17.7 Å². The van der Waals surface area contributed by atoms with Crippen molar-refractivity contribution < 1.29 is 9.59 Å². The summed E-state index contributed by atoms with van der Waals surface area (Å²) >= 11 is 0. The fraction of sp³-hybridized carbons (Fsp3) is 0.579. The Morgan fingerprint density at radius 2 is 1.65 bits per heavy atom. The standard InChI is InChI=1S/C19H30N2O2/c1-5-6-7-8-18(22)20-21-19(23)15(4)17-11-9-16(10-12-17)13-14(2)3/h9-12,14-15H,5-8,13H2,1-4H3,(H,20,22)(H,21,23). The first-order chi connectivity index (χ1) is 10.9. The lowest BCUT2D eigenvalue weighted by molar-refractivity contribution is -0.129. The minimum atomic E-state index is -0.293. The van der Waals surface area contributed by atoms with Gasteiger partial charge in [0.2, 0.25) is 11.8 Å². The number of carbonyl (C=O) groups excluding carboxylic acids is 2. The average Bonchev–Trinajstić information content (AvgIpc) is 2.52. The Hall–Kier alpha value is -1.84. The molecule has 4 heteroatoms. The van der Waals surface area contributed by atoms with Crippen LogP contribution in [0.3, 0.4) is 0 Å². The van der Waals surface area contributed by atoms with Crippen LogP contribution >= 0.6 is 0 Å². The minimum absolute atomic E-state index is 0.133. The summed E-state index contributed by atoms with van der Waals surface area (Å²) in [7, 11) is 0. The Morgan fingerprint density at radius 3 is 2.22 bits per heavy atom. The van der Waals surface area contributed by atoms with Gasteiger partial charge in [0, 0.05) is 6.42 Å². The molecule has 0 aromatic heterocycles. The number of amides is 2. The molecule has 0 saturated carbocycles. The second-order valence-electron chi connectivity index (χ2n) is 6.56. The van der Waals surface area contributed by atoms with Gasteiger partial charge in [-0.25, -0.2) is 0 Å². The van der Waals surface area contributed by atoms with Gasteiger partial charge < -0.3 is 0 Å². The van der Waals surface area contributed by atoms with Gasteiger partial charge in [-0.2, -0.15) is 0 Å². The van der Waals surface area contributed by atoms with Gasteiger partial charge in [-0.05, 0) is 36.8 Å². The van der Waals surface area contributed by atoms with E-state index >= 15 is 0 Å². The second-order valence-corrected chi connectivity index (χ2v) is 6.56. The molecule has 2 amide bonds. The third kappa shape index (κ3) is 7.31. The monoisotopic (exact) mass is 318 g/mol. The van der Waals surface area contributed by atoms with Crippen LogP contribution in [0.25, 0.3) is 0 Å². The van der Waals surface area contributed by atoms with Crippen LogP contribution in [0, 0.1) is 5.92 Å². The molecule has 0 heterocycles. The van der Waals surface area contributed by atoms with Crippen LogP contribution in [0.5, 0.6) is 0 Å². The molecule has 0 aliphatic heterocycles. The predicted octanol–water partition coefficient (Wildman–Crippen LogP) is 3.72. The summed E-state index contributed by atoms with van der Waals surface area (Å²) in [4.78, 5) is 23.7. The number of unbranched alkanes of at least 4 members (excludes halogenated alkanes) is 2. The topological polar surface area (TPSA) is 58.2 Å². The summed E-state index contributed by atoms with van der Waals surface area (Å²) in [6, 6.07) is 8.13. The highest BCUT2D eigenvalue weighted by Crippen LogP contribution is 2.17. The molecule has 23 heavy (non-hydrogen) atoms. The average molecular weight is 318 g/mol. The summed E-state index contributed by atoms with van der Waals surface area (Å²) in [6.45, 7) is 8.31. The number of benzene rings is 1. The lowest BCUT2D eigenvalue weighted by Crippen LogP contribution is -2.43. The maximum atomic E-state index is 12.1. The minimum Gasteiger partial charge on any atom is -0.273 e. The molecular weight excluding hydrogens is 288 g/mol. The maximum Gasteiger partial charge on any atom is 0.245 e. The van der Waals surface area contributed by atoms with E-state index in [9.17, 15) is 9.59 Å². The first kappa shape index (κ1) is 19.2. The Balaban J connectivity index is 2.45. The zero-order valence-corrected chi connectivity index (χ0v) is 14.8. The van der Waals surface area contributed by atoms with Crippen LogP contribution in [-0.4, -0.2) is 11.8 Å². The fourth-order valence-corrected chi connectivity index (χ4v) is 2.40. The molecule has 0 fully saturated rings. The largest absolute Gasteiger partial charge is 0.273 e. The highest BCUT2D eigenvalue weighted by molar-refractivity contribution is 5.86. The third-order valence-corrected chi connectivity index (χ3v) is 3.85. The van der Waals surface area contributed by atoms with Gasteiger partial charge in [-0.15, -0.1) is 0 Å². The third-order valence-electron chi connectivity index (χ3n) is 3.85. The molecule has 0 aliphatic carbocycles. The molecule has 0 saturated heterocycles. The molecule has 1 atom stereocenters. The number of rotatable bonds is 8. The van der Waals surface area contributed by atoms with Gasteiger partial charge >= 0.3 is 0 Å². The van der Waals surface area contributed by atoms with Crippen molar-refractivity contribution in [1.82, 2.24) is 10.9 Å². The molecule has 0 spiro atoms. The highest BCUT2D eigenvalue weighted by Gasteiger charge is 2.15. The lowest BCUT2D eigenvalue weighted by atomic mass is 9.96. The van der Waals surface area contributed by atoms with Crippen LogP contribution in [0.4, 0.5) is 0 Å². The Kier molecular flexibility index (Phi) is 8.38. The molecule has 2 N–H and O–H groups in total. The summed E-state index contributed by atoms with van der Waals surface area (Å²) in [5.41, 5.74) is 7.24. The van der Waals surface area contributed by atoms with E-state index in [0.717, 1.165) is 31.2 Å². The molecule has 1 unspecified atom stereocenters. The van der Waals surface area contributed by atoms with E-state index < -0.39 is 0 Å². The smallest absolute Gasteiger partial charge is 0.245 e. The maximum absolute atomic E-state index is 12.1. The Morgan fingerprint density at radius 1 is 1.00 bits per heavy atom. The van der Waals surface area contributed by atoms with Crippen LogP contribution in [-0.2, 0) is 16.0 Å². The molecule has 0 bridgehead atoms. The Labute approximate surface area is 140 Å². The summed E-state index contributed by atoms with van der Waals surface area (Å²) in [5.74, 6) is 0.000247. The fourth-order valence-electron chi connectivity index (χ4n) is 2.40. The summed E-state index contributed by atoms with van der Waals surface area (Å²) in [5, 5.41) is 0. The lowest BCUT2D eigenvalue weighted by Gasteiger charge is -2.14. The first-order valence-corrected chi connectivity index (χ1v) is 8.61. The van der Waals surface area contributed by atoms with Gasteiger partial charge in [0.05, 0.1) is 5.92 Å². The Bertz CT molecular complexity index is 495. The van der Waals surface area contributed by atoms with E-state index in [1.165, 1.54) is 5.56 Å². The highest BCUT2D eigenvalue weighted by atomic mass is 16.2. The second kappa shape index (κ2) is 10.0. The molecule has 1 aromatic rings. The van der Waals surface area contributed by atoms with E-state index in [2.05, 4.69) is 43.8 Å². The number of hydrogen-bond donors (Lipinski definition) is 2. The number of nitrogens with one attached hydrogen (secondary N) is 2. The SMILES string of the molecule is CCCCCC(=O)NNC(=O)C(C)c1ccc(CC(C)C)cc1. The van der Waals surface area contributed by atoms with Gasteiger partial charge in [0.25, 0.3) is 0 Å². The molecule has 4 nitrogen and oxygen atoms in total. The van der Waals surface area contributed by atoms with Crippen molar-refractivity contribution in [2.75, 3.05) is 0 Å². The van der Waals surface area contributed by atoms with Crippen molar-refractivity contribution in [2.45, 2.75) is 65.7 Å². The van der Waals surface area contributed by atoms with Crippen LogP contribution in [0.1, 0.15) is 70.4 Å². The van der Waals surface area contributed by atoms with Crippen LogP contribution < -0.4 is 10.9 Å². The van der Waals surface area contributed by atoms with E-state index in [1.54, 1.807) is 0 Å². The molecule has 128 valence electrons. The number of hydrogen-bond acceptors (Lipinski definition) is 2. The van der Waals surface area contributed by atoms with Crippen LogP contribution in [0.2, 0.25) is 0 Å². The van der Waals surface area contributed by atoms with Crippen molar-refractivity contribution in [3.8, 4) is 0 Å². The normalized spacial score (nSPS) is 12.0.